The summed E-state index contributed by atoms with van der Waals surface area (Å²) < 4.78 is 26.8. The molecule has 152 valence electrons. The zero-order valence-electron chi connectivity index (χ0n) is 16.5. The molecule has 7 heteroatoms. The molecule has 4 rings (SSSR count). The van der Waals surface area contributed by atoms with Gasteiger partial charge >= 0.3 is 6.03 Å². The molecule has 1 aliphatic heterocycles. The van der Waals surface area contributed by atoms with Crippen molar-refractivity contribution in [2.75, 3.05) is 25.0 Å². The number of nitrogens with one attached hydrogen (secondary N) is 2. The van der Waals surface area contributed by atoms with Crippen molar-refractivity contribution >= 4 is 21.7 Å². The molecule has 1 atom stereocenters. The first kappa shape index (κ1) is 19.5. The molecule has 2 aliphatic carbocycles. The van der Waals surface area contributed by atoms with E-state index in [4.69, 9.17) is 0 Å². The Morgan fingerprint density at radius 1 is 1.18 bits per heavy atom. The molecule has 0 aromatic heterocycles. The molecule has 6 nitrogen and oxygen atoms in total. The van der Waals surface area contributed by atoms with Crippen LogP contribution in [-0.2, 0) is 35.7 Å². The molecule has 2 amide bonds. The van der Waals surface area contributed by atoms with Crippen LogP contribution in [0.3, 0.4) is 0 Å². The zero-order valence-corrected chi connectivity index (χ0v) is 17.3. The highest BCUT2D eigenvalue weighted by atomic mass is 32.2. The minimum Gasteiger partial charge on any atom is -0.307 e. The second kappa shape index (κ2) is 7.87. The van der Waals surface area contributed by atoms with Crippen LogP contribution >= 0.6 is 0 Å². The minimum absolute atomic E-state index is 0.222. The van der Waals surface area contributed by atoms with Gasteiger partial charge in [-0.15, -0.1) is 0 Å². The molecule has 1 fully saturated rings. The van der Waals surface area contributed by atoms with Gasteiger partial charge < -0.3 is 10.2 Å². The molecule has 0 spiro atoms. The molecule has 0 bridgehead atoms. The number of fused-ring (bicyclic) bond motifs is 2. The maximum Gasteiger partial charge on any atom is 0.333 e. The lowest BCUT2D eigenvalue weighted by atomic mass is 9.99. The van der Waals surface area contributed by atoms with Crippen LogP contribution in [0.5, 0.6) is 0 Å². The molecule has 1 aromatic rings. The number of hydrogen-bond donors (Lipinski definition) is 2. The van der Waals surface area contributed by atoms with E-state index in [1.807, 2.05) is 0 Å². The van der Waals surface area contributed by atoms with Gasteiger partial charge in [-0.3, -0.25) is 0 Å². The number of hydrogen-bond acceptors (Lipinski definition) is 4. The van der Waals surface area contributed by atoms with Crippen molar-refractivity contribution in [3.63, 3.8) is 0 Å². The van der Waals surface area contributed by atoms with Gasteiger partial charge in [0, 0.05) is 17.6 Å². The molecule has 1 heterocycles. The van der Waals surface area contributed by atoms with Crippen molar-refractivity contribution in [3.05, 3.63) is 39.8 Å². The Kier molecular flexibility index (Phi) is 5.47. The van der Waals surface area contributed by atoms with Crippen LogP contribution in [0, 0.1) is 5.92 Å². The average molecular weight is 404 g/mol. The fourth-order valence-corrected chi connectivity index (χ4v) is 5.60. The number of rotatable bonds is 5. The van der Waals surface area contributed by atoms with Crippen molar-refractivity contribution in [2.45, 2.75) is 51.9 Å². The van der Waals surface area contributed by atoms with E-state index in [0.717, 1.165) is 75.7 Å². The van der Waals surface area contributed by atoms with E-state index < -0.39 is 16.1 Å². The molecular formula is C21H29N3O3S. The standard InChI is InChI=1S/C21H29N3O3S/c1-2-24-11-9-15(14-24)10-12-28(26,27)23-21(25)22-20-18-7-3-5-16(18)13-17-6-4-8-19(17)20/h10,12-13,15H,2-9,11,14H2,1H3,(H2,22,23,25)/b12-10+. The predicted molar refractivity (Wildman–Crippen MR) is 111 cm³/mol. The van der Waals surface area contributed by atoms with Crippen molar-refractivity contribution in [1.82, 2.24) is 9.62 Å². The van der Waals surface area contributed by atoms with Crippen LogP contribution in [0.25, 0.3) is 0 Å². The number of carbonyl (C=O) groups is 1. The van der Waals surface area contributed by atoms with E-state index in [0.29, 0.717) is 0 Å². The second-order valence-electron chi connectivity index (χ2n) is 8.11. The fraction of sp³-hybridized carbons (Fsp3) is 0.571. The predicted octanol–water partition coefficient (Wildman–Crippen LogP) is 2.97. The summed E-state index contributed by atoms with van der Waals surface area (Å²) in [4.78, 5) is 14.8. The van der Waals surface area contributed by atoms with Gasteiger partial charge in [0.2, 0.25) is 0 Å². The minimum atomic E-state index is -3.80. The van der Waals surface area contributed by atoms with Crippen LogP contribution in [0.1, 0.15) is 48.4 Å². The lowest BCUT2D eigenvalue weighted by molar-refractivity contribution is 0.256. The Hall–Kier alpha value is -1.86. The Balaban J connectivity index is 1.44. The number of nitrogens with zero attached hydrogens (tertiary/aromatic N) is 1. The van der Waals surface area contributed by atoms with E-state index in [2.05, 4.69) is 27.9 Å². The lowest BCUT2D eigenvalue weighted by Crippen LogP contribution is -2.33. The SMILES string of the molecule is CCN1CCC(/C=C/S(=O)(=O)NC(=O)Nc2c3c(cc4c2CCC4)CCC3)C1. The first-order valence-electron chi connectivity index (χ1n) is 10.4. The van der Waals surface area contributed by atoms with Crippen LogP contribution in [0.4, 0.5) is 10.5 Å². The molecule has 3 aliphatic rings. The van der Waals surface area contributed by atoms with E-state index in [1.54, 1.807) is 6.08 Å². The number of carbonyl (C=O) groups excluding carboxylic acids is 1. The highest BCUT2D eigenvalue weighted by molar-refractivity contribution is 7.92. The summed E-state index contributed by atoms with van der Waals surface area (Å²) in [5.74, 6) is 0.222. The fourth-order valence-electron chi connectivity index (χ4n) is 4.79. The molecule has 1 aromatic carbocycles. The van der Waals surface area contributed by atoms with Gasteiger partial charge in [0.05, 0.1) is 0 Å². The molecule has 1 saturated heterocycles. The maximum absolute atomic E-state index is 12.5. The normalized spacial score (nSPS) is 21.8. The molecule has 1 unspecified atom stereocenters. The lowest BCUT2D eigenvalue weighted by Gasteiger charge is -2.16. The van der Waals surface area contributed by atoms with Crippen LogP contribution < -0.4 is 10.0 Å². The number of aryl methyl sites for hydroxylation is 2. The smallest absolute Gasteiger partial charge is 0.307 e. The first-order chi connectivity index (χ1) is 13.4. The van der Waals surface area contributed by atoms with Gasteiger partial charge in [-0.25, -0.2) is 17.9 Å². The quantitative estimate of drug-likeness (QED) is 0.792. The largest absolute Gasteiger partial charge is 0.333 e. The molecule has 28 heavy (non-hydrogen) atoms. The monoisotopic (exact) mass is 403 g/mol. The summed E-state index contributed by atoms with van der Waals surface area (Å²) in [5.41, 5.74) is 5.85. The third kappa shape index (κ3) is 4.10. The second-order valence-corrected chi connectivity index (χ2v) is 9.67. The highest BCUT2D eigenvalue weighted by Gasteiger charge is 2.26. The third-order valence-electron chi connectivity index (χ3n) is 6.23. The van der Waals surface area contributed by atoms with E-state index >= 15 is 0 Å². The van der Waals surface area contributed by atoms with Gasteiger partial charge in [-0.1, -0.05) is 19.1 Å². The Morgan fingerprint density at radius 3 is 2.46 bits per heavy atom. The van der Waals surface area contributed by atoms with Crippen molar-refractivity contribution < 1.29 is 13.2 Å². The van der Waals surface area contributed by atoms with E-state index in [-0.39, 0.29) is 5.92 Å². The van der Waals surface area contributed by atoms with Gasteiger partial charge in [0.1, 0.15) is 0 Å². The number of likely N-dealkylation sites (tertiary alicyclic amines) is 1. The topological polar surface area (TPSA) is 78.5 Å². The van der Waals surface area contributed by atoms with Gasteiger partial charge in [0.25, 0.3) is 10.0 Å². The average Bonchev–Trinajstić information content (AvgIpc) is 3.39. The summed E-state index contributed by atoms with van der Waals surface area (Å²) >= 11 is 0. The van der Waals surface area contributed by atoms with Crippen LogP contribution in [-0.4, -0.2) is 39.0 Å². The van der Waals surface area contributed by atoms with Gasteiger partial charge in [-0.2, -0.15) is 0 Å². The van der Waals surface area contributed by atoms with Crippen LogP contribution in [0.2, 0.25) is 0 Å². The zero-order chi connectivity index (χ0) is 19.7. The Bertz CT molecular complexity index is 876. The molecule has 0 saturated carbocycles. The van der Waals surface area contributed by atoms with Gasteiger partial charge in [0.15, 0.2) is 0 Å². The number of urea groups is 1. The summed E-state index contributed by atoms with van der Waals surface area (Å²) in [5, 5.41) is 4.02. The van der Waals surface area contributed by atoms with Crippen LogP contribution in [0.15, 0.2) is 17.6 Å². The molecular weight excluding hydrogens is 374 g/mol. The first-order valence-corrected chi connectivity index (χ1v) is 11.9. The van der Waals surface area contributed by atoms with Crippen molar-refractivity contribution in [2.24, 2.45) is 5.92 Å². The number of benzene rings is 1. The Labute approximate surface area is 167 Å². The summed E-state index contributed by atoms with van der Waals surface area (Å²) in [7, 11) is -3.80. The summed E-state index contributed by atoms with van der Waals surface area (Å²) in [6, 6.07) is 1.62. The highest BCUT2D eigenvalue weighted by Crippen LogP contribution is 2.38. The van der Waals surface area contributed by atoms with Gasteiger partial charge in [-0.05, 0) is 86.2 Å². The van der Waals surface area contributed by atoms with E-state index in [1.165, 1.54) is 22.3 Å². The summed E-state index contributed by atoms with van der Waals surface area (Å²) in [6.07, 6.45) is 8.81. The number of amides is 2. The molecule has 2 N–H and O–H groups in total. The third-order valence-corrected chi connectivity index (χ3v) is 7.22. The van der Waals surface area contributed by atoms with Crippen molar-refractivity contribution in [3.8, 4) is 0 Å². The van der Waals surface area contributed by atoms with Crippen molar-refractivity contribution in [1.29, 1.82) is 0 Å². The maximum atomic E-state index is 12.5. The molecule has 0 radical (unpaired) electrons. The summed E-state index contributed by atoms with van der Waals surface area (Å²) in [6.45, 7) is 4.94. The Morgan fingerprint density at radius 2 is 1.86 bits per heavy atom. The van der Waals surface area contributed by atoms with E-state index in [9.17, 15) is 13.2 Å². The number of sulfonamides is 1. The number of anilines is 1.